The highest BCUT2D eigenvalue weighted by atomic mass is 16.5. The molecule has 2 rings (SSSR count). The number of carbonyl (C=O) groups excluding carboxylic acids is 1. The molecule has 3 nitrogen and oxygen atoms in total. The van der Waals surface area contributed by atoms with Gasteiger partial charge < -0.3 is 9.64 Å². The second kappa shape index (κ2) is 5.42. The Bertz CT molecular complexity index is 428. The fourth-order valence-corrected chi connectivity index (χ4v) is 2.56. The van der Waals surface area contributed by atoms with Crippen molar-refractivity contribution in [3.05, 3.63) is 29.8 Å². The van der Waals surface area contributed by atoms with Gasteiger partial charge in [-0.3, -0.25) is 4.79 Å². The van der Waals surface area contributed by atoms with E-state index in [1.54, 1.807) is 7.11 Å². The van der Waals surface area contributed by atoms with Gasteiger partial charge in [-0.15, -0.1) is 0 Å². The first-order chi connectivity index (χ1) is 8.63. The number of nitrogens with zero attached hydrogens (tertiary/aromatic N) is 1. The van der Waals surface area contributed by atoms with Crippen LogP contribution in [0.1, 0.15) is 38.3 Å². The highest BCUT2D eigenvalue weighted by molar-refractivity contribution is 5.79. The van der Waals surface area contributed by atoms with Crippen LogP contribution in [0.15, 0.2) is 24.3 Å². The third-order valence-electron chi connectivity index (χ3n) is 3.51. The lowest BCUT2D eigenvalue weighted by Gasteiger charge is -2.27. The first-order valence-corrected chi connectivity index (χ1v) is 6.58. The van der Waals surface area contributed by atoms with Crippen LogP contribution in [0.5, 0.6) is 5.75 Å². The maximum atomic E-state index is 12.2. The van der Waals surface area contributed by atoms with Crippen LogP contribution in [-0.2, 0) is 4.79 Å². The molecule has 1 aromatic carbocycles. The molecular formula is C15H21NO2. The second-order valence-electron chi connectivity index (χ2n) is 5.12. The Hall–Kier alpha value is -1.51. The smallest absolute Gasteiger partial charge is 0.225 e. The van der Waals surface area contributed by atoms with E-state index in [2.05, 4.69) is 6.07 Å². The second-order valence-corrected chi connectivity index (χ2v) is 5.12. The molecule has 18 heavy (non-hydrogen) atoms. The third-order valence-corrected chi connectivity index (χ3v) is 3.51. The van der Waals surface area contributed by atoms with E-state index in [4.69, 9.17) is 4.74 Å². The fourth-order valence-electron chi connectivity index (χ4n) is 2.56. The fraction of sp³-hybridized carbons (Fsp3) is 0.533. The highest BCUT2D eigenvalue weighted by Crippen LogP contribution is 2.34. The molecule has 0 aromatic heterocycles. The van der Waals surface area contributed by atoms with Crippen molar-refractivity contribution in [2.75, 3.05) is 13.7 Å². The Labute approximate surface area is 109 Å². The minimum absolute atomic E-state index is 0.0659. The number of hydrogen-bond donors (Lipinski definition) is 0. The van der Waals surface area contributed by atoms with Gasteiger partial charge in [0.25, 0.3) is 0 Å². The molecule has 0 aliphatic carbocycles. The van der Waals surface area contributed by atoms with Gasteiger partial charge in [0.05, 0.1) is 13.2 Å². The summed E-state index contributed by atoms with van der Waals surface area (Å²) in [4.78, 5) is 14.2. The summed E-state index contributed by atoms with van der Waals surface area (Å²) in [5.41, 5.74) is 1.18. The normalized spacial score (nSPS) is 19.3. The molecular weight excluding hydrogens is 226 g/mol. The monoisotopic (exact) mass is 247 g/mol. The summed E-state index contributed by atoms with van der Waals surface area (Å²) < 4.78 is 5.25. The molecule has 1 saturated heterocycles. The van der Waals surface area contributed by atoms with Crippen LogP contribution in [0, 0.1) is 5.92 Å². The van der Waals surface area contributed by atoms with Gasteiger partial charge in [0.15, 0.2) is 0 Å². The van der Waals surface area contributed by atoms with Gasteiger partial charge in [-0.1, -0.05) is 26.0 Å². The number of hydrogen-bond acceptors (Lipinski definition) is 2. The minimum Gasteiger partial charge on any atom is -0.497 e. The highest BCUT2D eigenvalue weighted by Gasteiger charge is 2.31. The number of amides is 1. The molecule has 1 amide bonds. The lowest BCUT2D eigenvalue weighted by molar-refractivity contribution is -0.135. The van der Waals surface area contributed by atoms with E-state index in [9.17, 15) is 4.79 Å². The molecule has 1 aromatic rings. The zero-order valence-electron chi connectivity index (χ0n) is 11.3. The predicted molar refractivity (Wildman–Crippen MR) is 71.5 cm³/mol. The molecule has 0 N–H and O–H groups in total. The summed E-state index contributed by atoms with van der Waals surface area (Å²) in [6.45, 7) is 4.80. The molecule has 1 aliphatic heterocycles. The zero-order valence-corrected chi connectivity index (χ0v) is 11.3. The van der Waals surface area contributed by atoms with Crippen molar-refractivity contribution in [1.82, 2.24) is 4.90 Å². The average molecular weight is 247 g/mol. The number of rotatable bonds is 3. The molecule has 1 unspecified atom stereocenters. The number of benzene rings is 1. The maximum absolute atomic E-state index is 12.2. The molecule has 0 bridgehead atoms. The van der Waals surface area contributed by atoms with Gasteiger partial charge in [-0.2, -0.15) is 0 Å². The molecule has 0 spiro atoms. The van der Waals surface area contributed by atoms with Crippen molar-refractivity contribution in [1.29, 1.82) is 0 Å². The average Bonchev–Trinajstić information content (AvgIpc) is 2.86. The Morgan fingerprint density at radius 1 is 1.44 bits per heavy atom. The zero-order chi connectivity index (χ0) is 13.1. The standard InChI is InChI=1S/C15H21NO2/c1-11(2)15(17)16-9-5-8-14(16)12-6-4-7-13(10-12)18-3/h4,6-7,10-11,14H,5,8-9H2,1-3H3. The molecule has 0 radical (unpaired) electrons. The first-order valence-electron chi connectivity index (χ1n) is 6.58. The van der Waals surface area contributed by atoms with Gasteiger partial charge in [-0.05, 0) is 30.5 Å². The van der Waals surface area contributed by atoms with Crippen molar-refractivity contribution in [3.63, 3.8) is 0 Å². The van der Waals surface area contributed by atoms with E-state index in [0.717, 1.165) is 25.1 Å². The summed E-state index contributed by atoms with van der Waals surface area (Å²) in [5.74, 6) is 1.17. The summed E-state index contributed by atoms with van der Waals surface area (Å²) >= 11 is 0. The van der Waals surface area contributed by atoms with E-state index < -0.39 is 0 Å². The number of carbonyl (C=O) groups is 1. The molecule has 98 valence electrons. The number of likely N-dealkylation sites (tertiary alicyclic amines) is 1. The van der Waals surface area contributed by atoms with Crippen molar-refractivity contribution < 1.29 is 9.53 Å². The minimum atomic E-state index is 0.0659. The van der Waals surface area contributed by atoms with Crippen LogP contribution < -0.4 is 4.74 Å². The lowest BCUT2D eigenvalue weighted by atomic mass is 10.0. The topological polar surface area (TPSA) is 29.5 Å². The van der Waals surface area contributed by atoms with E-state index in [1.165, 1.54) is 5.56 Å². The van der Waals surface area contributed by atoms with Crippen LogP contribution >= 0.6 is 0 Å². The SMILES string of the molecule is COc1cccc(C2CCCN2C(=O)C(C)C)c1. The molecule has 1 heterocycles. The van der Waals surface area contributed by atoms with Gasteiger partial charge in [-0.25, -0.2) is 0 Å². The Kier molecular flexibility index (Phi) is 3.90. The summed E-state index contributed by atoms with van der Waals surface area (Å²) in [6.07, 6.45) is 2.13. The first kappa shape index (κ1) is 12.9. The van der Waals surface area contributed by atoms with Crippen LogP contribution in [-0.4, -0.2) is 24.5 Å². The van der Waals surface area contributed by atoms with Crippen molar-refractivity contribution >= 4 is 5.91 Å². The van der Waals surface area contributed by atoms with Crippen LogP contribution in [0.4, 0.5) is 0 Å². The van der Waals surface area contributed by atoms with Gasteiger partial charge >= 0.3 is 0 Å². The third kappa shape index (κ3) is 2.50. The Balaban J connectivity index is 2.23. The molecule has 1 atom stereocenters. The van der Waals surface area contributed by atoms with E-state index in [-0.39, 0.29) is 17.9 Å². The van der Waals surface area contributed by atoms with Gasteiger partial charge in [0, 0.05) is 12.5 Å². The van der Waals surface area contributed by atoms with Crippen molar-refractivity contribution in [2.45, 2.75) is 32.7 Å². The van der Waals surface area contributed by atoms with Gasteiger partial charge in [0.1, 0.15) is 5.75 Å². The summed E-state index contributed by atoms with van der Waals surface area (Å²) in [5, 5.41) is 0. The number of methoxy groups -OCH3 is 1. The number of ether oxygens (including phenoxy) is 1. The van der Waals surface area contributed by atoms with Gasteiger partial charge in [0.2, 0.25) is 5.91 Å². The summed E-state index contributed by atoms with van der Waals surface area (Å²) in [7, 11) is 1.67. The molecule has 1 aliphatic rings. The van der Waals surface area contributed by atoms with Crippen LogP contribution in [0.2, 0.25) is 0 Å². The lowest BCUT2D eigenvalue weighted by Crippen LogP contribution is -2.33. The van der Waals surface area contributed by atoms with Crippen LogP contribution in [0.3, 0.4) is 0 Å². The Morgan fingerprint density at radius 2 is 2.22 bits per heavy atom. The molecule has 1 fully saturated rings. The molecule has 0 saturated carbocycles. The predicted octanol–water partition coefficient (Wildman–Crippen LogP) is 3.01. The maximum Gasteiger partial charge on any atom is 0.225 e. The van der Waals surface area contributed by atoms with Crippen molar-refractivity contribution in [3.8, 4) is 5.75 Å². The van der Waals surface area contributed by atoms with E-state index >= 15 is 0 Å². The van der Waals surface area contributed by atoms with E-state index in [0.29, 0.717) is 0 Å². The molecule has 3 heteroatoms. The Morgan fingerprint density at radius 3 is 2.89 bits per heavy atom. The van der Waals surface area contributed by atoms with Crippen LogP contribution in [0.25, 0.3) is 0 Å². The summed E-state index contributed by atoms with van der Waals surface area (Å²) in [6, 6.07) is 8.27. The van der Waals surface area contributed by atoms with E-state index in [1.807, 2.05) is 36.9 Å². The quantitative estimate of drug-likeness (QED) is 0.821. The van der Waals surface area contributed by atoms with Crippen molar-refractivity contribution in [2.24, 2.45) is 5.92 Å². The largest absolute Gasteiger partial charge is 0.497 e.